The van der Waals surface area contributed by atoms with E-state index < -0.39 is 5.91 Å². The summed E-state index contributed by atoms with van der Waals surface area (Å²) in [6.45, 7) is 0.590. The highest BCUT2D eigenvalue weighted by Crippen LogP contribution is 2.13. The zero-order valence-corrected chi connectivity index (χ0v) is 11.5. The number of hydrogen-bond acceptors (Lipinski definition) is 4. The molecule has 0 aliphatic carbocycles. The van der Waals surface area contributed by atoms with Gasteiger partial charge in [-0.05, 0) is 5.56 Å². The third-order valence-corrected chi connectivity index (χ3v) is 3.01. The van der Waals surface area contributed by atoms with Gasteiger partial charge in [-0.2, -0.15) is 5.10 Å². The molecule has 1 heterocycles. The van der Waals surface area contributed by atoms with E-state index in [9.17, 15) is 9.59 Å². The van der Waals surface area contributed by atoms with E-state index in [1.807, 2.05) is 30.3 Å². The molecule has 2 rings (SSSR count). The van der Waals surface area contributed by atoms with Gasteiger partial charge in [0.25, 0.3) is 5.91 Å². The van der Waals surface area contributed by atoms with Gasteiger partial charge < -0.3 is 16.4 Å². The van der Waals surface area contributed by atoms with Crippen LogP contribution < -0.4 is 11.5 Å². The summed E-state index contributed by atoms with van der Waals surface area (Å²) in [6.07, 6.45) is 1.47. The van der Waals surface area contributed by atoms with Crippen LogP contribution in [-0.2, 0) is 11.3 Å². The number of nitrogens with one attached hydrogen (secondary N) is 1. The number of nitrogens with zero attached hydrogens (tertiary/aromatic N) is 2. The highest BCUT2D eigenvalue weighted by molar-refractivity contribution is 5.97. The molecule has 7 nitrogen and oxygen atoms in total. The molecule has 1 aromatic carbocycles. The normalized spacial score (nSPS) is 10.3. The van der Waals surface area contributed by atoms with Crippen molar-refractivity contribution in [3.8, 4) is 0 Å². The highest BCUT2D eigenvalue weighted by atomic mass is 16.2. The standard InChI is InChI=1S/C14H17N5O2/c15-11-8-17-18-13(11)14(21)19(7-6-12(16)20)9-10-4-2-1-3-5-10/h1-5,8H,6-7,9,15H2,(H2,16,20)(H,17,18). The summed E-state index contributed by atoms with van der Waals surface area (Å²) in [7, 11) is 0. The van der Waals surface area contributed by atoms with Crippen molar-refractivity contribution in [1.82, 2.24) is 15.1 Å². The summed E-state index contributed by atoms with van der Waals surface area (Å²) in [5.74, 6) is -0.770. The molecular weight excluding hydrogens is 270 g/mol. The first-order valence-electron chi connectivity index (χ1n) is 6.48. The van der Waals surface area contributed by atoms with Gasteiger partial charge in [0.2, 0.25) is 5.91 Å². The number of rotatable bonds is 6. The smallest absolute Gasteiger partial charge is 0.274 e. The molecule has 0 saturated heterocycles. The van der Waals surface area contributed by atoms with Crippen LogP contribution in [0.15, 0.2) is 36.5 Å². The second-order valence-electron chi connectivity index (χ2n) is 4.63. The van der Waals surface area contributed by atoms with E-state index in [4.69, 9.17) is 11.5 Å². The van der Waals surface area contributed by atoms with Crippen molar-refractivity contribution in [1.29, 1.82) is 0 Å². The molecule has 2 aromatic rings. The Morgan fingerprint density at radius 2 is 1.95 bits per heavy atom. The van der Waals surface area contributed by atoms with Crippen molar-refractivity contribution in [3.05, 3.63) is 47.8 Å². The largest absolute Gasteiger partial charge is 0.396 e. The third-order valence-electron chi connectivity index (χ3n) is 3.01. The number of aromatic nitrogens is 2. The van der Waals surface area contributed by atoms with Gasteiger partial charge in [0.05, 0.1) is 11.9 Å². The number of H-pyrrole nitrogens is 1. The lowest BCUT2D eigenvalue weighted by Gasteiger charge is -2.22. The van der Waals surface area contributed by atoms with Gasteiger partial charge in [0.1, 0.15) is 5.69 Å². The maximum atomic E-state index is 12.5. The Kier molecular flexibility index (Phi) is 4.55. The summed E-state index contributed by atoms with van der Waals surface area (Å²) in [5, 5.41) is 6.32. The van der Waals surface area contributed by atoms with E-state index in [0.717, 1.165) is 5.56 Å². The van der Waals surface area contributed by atoms with E-state index in [2.05, 4.69) is 10.2 Å². The molecule has 21 heavy (non-hydrogen) atoms. The highest BCUT2D eigenvalue weighted by Gasteiger charge is 2.20. The fourth-order valence-corrected chi connectivity index (χ4v) is 1.93. The number of primary amides is 1. The van der Waals surface area contributed by atoms with Crippen LogP contribution in [0.4, 0.5) is 5.69 Å². The van der Waals surface area contributed by atoms with Crippen molar-refractivity contribution in [2.45, 2.75) is 13.0 Å². The Bertz CT molecular complexity index is 623. The molecule has 0 aliphatic rings. The van der Waals surface area contributed by atoms with Crippen LogP contribution in [-0.4, -0.2) is 33.5 Å². The molecule has 0 unspecified atom stereocenters. The number of nitrogens with two attached hydrogens (primary N) is 2. The molecule has 2 amide bonds. The number of aromatic amines is 1. The Hall–Kier alpha value is -2.83. The Balaban J connectivity index is 2.17. The second kappa shape index (κ2) is 6.56. The average Bonchev–Trinajstić information content (AvgIpc) is 2.90. The van der Waals surface area contributed by atoms with Crippen LogP contribution in [0.2, 0.25) is 0 Å². The van der Waals surface area contributed by atoms with E-state index in [0.29, 0.717) is 6.54 Å². The Labute approximate surface area is 121 Å². The molecule has 110 valence electrons. The van der Waals surface area contributed by atoms with Crippen LogP contribution in [0.3, 0.4) is 0 Å². The number of amides is 2. The van der Waals surface area contributed by atoms with E-state index >= 15 is 0 Å². The predicted octanol–water partition coefficient (Wildman–Crippen LogP) is 0.510. The molecule has 0 fully saturated rings. The van der Waals surface area contributed by atoms with Crippen molar-refractivity contribution in [3.63, 3.8) is 0 Å². The minimum atomic E-state index is -0.460. The summed E-state index contributed by atoms with van der Waals surface area (Å²) < 4.78 is 0. The van der Waals surface area contributed by atoms with Crippen LogP contribution in [0.25, 0.3) is 0 Å². The van der Waals surface area contributed by atoms with Gasteiger partial charge >= 0.3 is 0 Å². The lowest BCUT2D eigenvalue weighted by molar-refractivity contribution is -0.118. The van der Waals surface area contributed by atoms with Gasteiger partial charge in [-0.15, -0.1) is 0 Å². The number of carbonyl (C=O) groups excluding carboxylic acids is 2. The average molecular weight is 287 g/mol. The lowest BCUT2D eigenvalue weighted by atomic mass is 10.2. The van der Waals surface area contributed by atoms with Crippen molar-refractivity contribution in [2.75, 3.05) is 12.3 Å². The summed E-state index contributed by atoms with van der Waals surface area (Å²) in [4.78, 5) is 25.0. The van der Waals surface area contributed by atoms with E-state index in [1.54, 1.807) is 0 Å². The maximum Gasteiger partial charge on any atom is 0.274 e. The molecule has 1 aromatic heterocycles. The number of hydrogen-bond donors (Lipinski definition) is 3. The number of carbonyl (C=O) groups is 2. The zero-order valence-electron chi connectivity index (χ0n) is 11.5. The molecular formula is C14H17N5O2. The van der Waals surface area contributed by atoms with Crippen LogP contribution in [0, 0.1) is 0 Å². The maximum absolute atomic E-state index is 12.5. The van der Waals surface area contributed by atoms with Gasteiger partial charge in [0, 0.05) is 19.5 Å². The van der Waals surface area contributed by atoms with Crippen molar-refractivity contribution >= 4 is 17.5 Å². The molecule has 0 radical (unpaired) electrons. The van der Waals surface area contributed by atoms with Gasteiger partial charge in [0.15, 0.2) is 0 Å². The van der Waals surface area contributed by atoms with Crippen LogP contribution in [0.5, 0.6) is 0 Å². The molecule has 5 N–H and O–H groups in total. The lowest BCUT2D eigenvalue weighted by Crippen LogP contribution is -2.34. The molecule has 0 bridgehead atoms. The zero-order chi connectivity index (χ0) is 15.2. The number of anilines is 1. The fourth-order valence-electron chi connectivity index (χ4n) is 1.93. The fraction of sp³-hybridized carbons (Fsp3) is 0.214. The van der Waals surface area contributed by atoms with Gasteiger partial charge in [-0.25, -0.2) is 0 Å². The Morgan fingerprint density at radius 1 is 1.24 bits per heavy atom. The summed E-state index contributed by atoms with van der Waals surface area (Å²) in [6, 6.07) is 9.47. The molecule has 0 aliphatic heterocycles. The van der Waals surface area contributed by atoms with Crippen molar-refractivity contribution in [2.24, 2.45) is 5.73 Å². The van der Waals surface area contributed by atoms with Crippen LogP contribution in [0.1, 0.15) is 22.5 Å². The number of nitrogen functional groups attached to an aromatic ring is 1. The summed E-state index contributed by atoms with van der Waals surface area (Å²) >= 11 is 0. The molecule has 7 heteroatoms. The predicted molar refractivity (Wildman–Crippen MR) is 78.0 cm³/mol. The van der Waals surface area contributed by atoms with E-state index in [-0.39, 0.29) is 30.3 Å². The van der Waals surface area contributed by atoms with Gasteiger partial charge in [-0.1, -0.05) is 30.3 Å². The third kappa shape index (κ3) is 3.82. The SMILES string of the molecule is NC(=O)CCN(Cc1ccccc1)C(=O)c1[nH]ncc1N. The Morgan fingerprint density at radius 3 is 2.52 bits per heavy atom. The minimum Gasteiger partial charge on any atom is -0.396 e. The topological polar surface area (TPSA) is 118 Å². The monoisotopic (exact) mass is 287 g/mol. The molecule has 0 atom stereocenters. The van der Waals surface area contributed by atoms with E-state index in [1.165, 1.54) is 11.1 Å². The first-order chi connectivity index (χ1) is 10.1. The van der Waals surface area contributed by atoms with Crippen LogP contribution >= 0.6 is 0 Å². The quantitative estimate of drug-likeness (QED) is 0.717. The van der Waals surface area contributed by atoms with Gasteiger partial charge in [-0.3, -0.25) is 14.7 Å². The second-order valence-corrected chi connectivity index (χ2v) is 4.63. The number of benzene rings is 1. The summed E-state index contributed by atoms with van der Waals surface area (Å²) in [5.41, 5.74) is 12.3. The first-order valence-corrected chi connectivity index (χ1v) is 6.48. The molecule has 0 spiro atoms. The van der Waals surface area contributed by atoms with Crippen molar-refractivity contribution < 1.29 is 9.59 Å². The first kappa shape index (κ1) is 14.6. The molecule has 0 saturated carbocycles. The minimum absolute atomic E-state index is 0.0899.